The van der Waals surface area contributed by atoms with Crippen LogP contribution in [0.3, 0.4) is 0 Å². The smallest absolute Gasteiger partial charge is 0.274 e. The lowest BCUT2D eigenvalue weighted by molar-refractivity contribution is -0.126. The number of sulfonamides is 1. The van der Waals surface area contributed by atoms with Crippen molar-refractivity contribution in [1.82, 2.24) is 39.1 Å². The maximum Gasteiger partial charge on any atom is 0.274 e. The third-order valence-corrected chi connectivity index (χ3v) is 14.0. The SMILES string of the molecule is COc1ccccc1-c1nccc(COc2ccccc2CC(Oc2ncnn3cc4c5ccc(F)cc5c5c(Cl)c(OCCN6CCN(C)CC6)ccc5c4c23)C(=O)NS(=O)(=O)C(C)C)n1. The van der Waals surface area contributed by atoms with Crippen molar-refractivity contribution < 1.29 is 36.6 Å². The Bertz CT molecular complexity index is 3260. The number of halogens is 2. The molecule has 9 rings (SSSR count). The average molecular weight is 947 g/mol. The van der Waals surface area contributed by atoms with Crippen LogP contribution in [-0.2, 0) is 27.8 Å². The molecule has 67 heavy (non-hydrogen) atoms. The summed E-state index contributed by atoms with van der Waals surface area (Å²) in [5, 5.41) is 7.62. The predicted molar refractivity (Wildman–Crippen MR) is 255 cm³/mol. The molecule has 0 saturated carbocycles. The molecule has 1 saturated heterocycles. The first-order chi connectivity index (χ1) is 32.4. The molecular weight excluding hydrogens is 899 g/mol. The standard InChI is InChI=1S/C49H48ClFN8O7S/c1-30(2)67(61,62)56-48(60)42(25-31-9-5-7-11-39(31)65-28-33-17-18-52-47(55-33)35-10-6-8-12-40(35)63-4)66-49-46-44-36-15-16-41(64-24-23-58-21-19-57(3)20-22-58)45(50)43(36)37-26-32(51)13-14-34(37)38(44)27-59(46)54-29-53-49/h5-18,26-27,29-30,42H,19-25,28H2,1-4H3,(H,56,60). The number of nitrogens with zero attached hydrogens (tertiary/aromatic N) is 7. The maximum absolute atomic E-state index is 15.1. The Kier molecular flexibility index (Phi) is 13.1. The highest BCUT2D eigenvalue weighted by molar-refractivity contribution is 7.90. The Hall–Kier alpha value is -6.66. The summed E-state index contributed by atoms with van der Waals surface area (Å²) in [5.74, 6) is 0.568. The van der Waals surface area contributed by atoms with Gasteiger partial charge in [-0.3, -0.25) is 9.69 Å². The Balaban J connectivity index is 1.08. The van der Waals surface area contributed by atoms with Gasteiger partial charge < -0.3 is 23.8 Å². The molecule has 5 aromatic carbocycles. The van der Waals surface area contributed by atoms with Crippen molar-refractivity contribution >= 4 is 65.4 Å². The van der Waals surface area contributed by atoms with Crippen LogP contribution in [0.5, 0.6) is 23.1 Å². The van der Waals surface area contributed by atoms with E-state index in [9.17, 15) is 13.2 Å². The average Bonchev–Trinajstić information content (AvgIpc) is 3.73. The molecule has 0 bridgehead atoms. The van der Waals surface area contributed by atoms with Crippen LogP contribution in [-0.4, -0.2) is 114 Å². The molecule has 0 radical (unpaired) electrons. The molecule has 1 aliphatic heterocycles. The number of aromatic nitrogens is 5. The molecule has 3 aromatic heterocycles. The molecule has 1 aliphatic rings. The Morgan fingerprint density at radius 3 is 2.42 bits per heavy atom. The van der Waals surface area contributed by atoms with Crippen molar-refractivity contribution in [2.75, 3.05) is 53.5 Å². The lowest BCUT2D eigenvalue weighted by Gasteiger charge is -2.32. The number of methoxy groups -OCH3 is 1. The number of carbonyl (C=O) groups excluding carboxylic acids is 1. The van der Waals surface area contributed by atoms with Gasteiger partial charge in [0.1, 0.15) is 48.1 Å². The molecular formula is C49H48ClFN8O7S. The van der Waals surface area contributed by atoms with Crippen molar-refractivity contribution in [3.63, 3.8) is 0 Å². The Morgan fingerprint density at radius 2 is 1.63 bits per heavy atom. The van der Waals surface area contributed by atoms with Crippen molar-refractivity contribution in [3.8, 4) is 34.5 Å². The van der Waals surface area contributed by atoms with Crippen molar-refractivity contribution in [1.29, 1.82) is 0 Å². The zero-order chi connectivity index (χ0) is 46.8. The second-order valence-electron chi connectivity index (χ2n) is 16.6. The fourth-order valence-electron chi connectivity index (χ4n) is 8.25. The van der Waals surface area contributed by atoms with Crippen LogP contribution in [0.2, 0.25) is 5.02 Å². The van der Waals surface area contributed by atoms with Crippen LogP contribution in [0.4, 0.5) is 4.39 Å². The molecule has 0 aliphatic carbocycles. The van der Waals surface area contributed by atoms with E-state index in [-0.39, 0.29) is 18.9 Å². The number of hydrogen-bond acceptors (Lipinski definition) is 13. The maximum atomic E-state index is 15.1. The lowest BCUT2D eigenvalue weighted by atomic mass is 9.95. The molecule has 1 fully saturated rings. The summed E-state index contributed by atoms with van der Waals surface area (Å²) in [6, 6.07) is 24.4. The largest absolute Gasteiger partial charge is 0.496 e. The Labute approximate surface area is 391 Å². The number of amides is 1. The molecule has 1 atom stereocenters. The number of piperazine rings is 1. The van der Waals surface area contributed by atoms with Crippen LogP contribution >= 0.6 is 11.6 Å². The molecule has 1 amide bonds. The molecule has 4 heterocycles. The number of rotatable bonds is 16. The van der Waals surface area contributed by atoms with E-state index in [0.717, 1.165) is 32.7 Å². The quantitative estimate of drug-likeness (QED) is 0.0950. The molecule has 1 unspecified atom stereocenters. The van der Waals surface area contributed by atoms with Gasteiger partial charge >= 0.3 is 0 Å². The number of hydrogen-bond donors (Lipinski definition) is 1. The number of nitrogens with one attached hydrogen (secondary N) is 1. The van der Waals surface area contributed by atoms with Gasteiger partial charge in [0.05, 0.1) is 28.6 Å². The summed E-state index contributed by atoms with van der Waals surface area (Å²) in [7, 11) is -0.406. The minimum Gasteiger partial charge on any atom is -0.496 e. The van der Waals surface area contributed by atoms with Gasteiger partial charge in [0.15, 0.2) is 11.9 Å². The van der Waals surface area contributed by atoms with E-state index in [2.05, 4.69) is 36.6 Å². The normalized spacial score (nSPS) is 14.3. The summed E-state index contributed by atoms with van der Waals surface area (Å²) in [6.07, 6.45) is 3.11. The molecule has 1 N–H and O–H groups in total. The Morgan fingerprint density at radius 1 is 0.866 bits per heavy atom. The van der Waals surface area contributed by atoms with E-state index in [4.69, 9.17) is 35.5 Å². The number of para-hydroxylation sites is 2. The number of ether oxygens (including phenoxy) is 4. The van der Waals surface area contributed by atoms with Gasteiger partial charge in [-0.25, -0.2) is 32.0 Å². The van der Waals surface area contributed by atoms with Crippen LogP contribution in [0, 0.1) is 5.82 Å². The van der Waals surface area contributed by atoms with Gasteiger partial charge in [-0.2, -0.15) is 10.1 Å². The van der Waals surface area contributed by atoms with Gasteiger partial charge in [0.2, 0.25) is 15.9 Å². The highest BCUT2D eigenvalue weighted by Gasteiger charge is 2.31. The van der Waals surface area contributed by atoms with Crippen molar-refractivity contribution in [2.45, 2.75) is 38.2 Å². The minimum absolute atomic E-state index is 0.0123. The zero-order valence-electron chi connectivity index (χ0n) is 37.3. The van der Waals surface area contributed by atoms with E-state index in [1.165, 1.54) is 32.3 Å². The highest BCUT2D eigenvalue weighted by Crippen LogP contribution is 2.45. The van der Waals surface area contributed by atoms with Crippen molar-refractivity contribution in [2.24, 2.45) is 0 Å². The first-order valence-electron chi connectivity index (χ1n) is 21.8. The van der Waals surface area contributed by atoms with E-state index < -0.39 is 33.1 Å². The third kappa shape index (κ3) is 9.50. The summed E-state index contributed by atoms with van der Waals surface area (Å²) in [6.45, 7) is 7.94. The van der Waals surface area contributed by atoms with E-state index >= 15 is 4.39 Å². The summed E-state index contributed by atoms with van der Waals surface area (Å²) in [5.41, 5.74) is 2.21. The predicted octanol–water partition coefficient (Wildman–Crippen LogP) is 7.50. The van der Waals surface area contributed by atoms with Crippen LogP contribution in [0.1, 0.15) is 25.1 Å². The summed E-state index contributed by atoms with van der Waals surface area (Å²) >= 11 is 7.23. The number of benzene rings is 5. The van der Waals surface area contributed by atoms with Crippen LogP contribution in [0.15, 0.2) is 104 Å². The van der Waals surface area contributed by atoms with Gasteiger partial charge in [-0.05, 0) is 91.1 Å². The summed E-state index contributed by atoms with van der Waals surface area (Å²) in [4.78, 5) is 32.5. The fourth-order valence-corrected chi connectivity index (χ4v) is 9.22. The van der Waals surface area contributed by atoms with Crippen molar-refractivity contribution in [3.05, 3.63) is 126 Å². The monoisotopic (exact) mass is 946 g/mol. The zero-order valence-corrected chi connectivity index (χ0v) is 38.9. The topological polar surface area (TPSA) is 163 Å². The molecule has 0 spiro atoms. The second-order valence-corrected chi connectivity index (χ2v) is 19.2. The van der Waals surface area contributed by atoms with Crippen LogP contribution in [0.25, 0.3) is 49.2 Å². The van der Waals surface area contributed by atoms with Gasteiger partial charge in [0, 0.05) is 67.7 Å². The lowest BCUT2D eigenvalue weighted by Crippen LogP contribution is -2.45. The summed E-state index contributed by atoms with van der Waals surface area (Å²) < 4.78 is 70.0. The molecule has 15 nitrogen and oxygen atoms in total. The first kappa shape index (κ1) is 45.5. The van der Waals surface area contributed by atoms with E-state index in [1.54, 1.807) is 66.5 Å². The van der Waals surface area contributed by atoms with Gasteiger partial charge in [0.25, 0.3) is 5.91 Å². The third-order valence-electron chi connectivity index (χ3n) is 11.9. The minimum atomic E-state index is -4.10. The number of fused-ring (bicyclic) bond motifs is 8. The number of carbonyl (C=O) groups is 1. The molecule has 346 valence electrons. The number of likely N-dealkylation sites (N-methyl/N-ethyl adjacent to an activating group) is 1. The van der Waals surface area contributed by atoms with Gasteiger partial charge in [-0.15, -0.1) is 0 Å². The molecule has 18 heteroatoms. The first-order valence-corrected chi connectivity index (χ1v) is 23.7. The second kappa shape index (κ2) is 19.3. The highest BCUT2D eigenvalue weighted by atomic mass is 35.5. The fraction of sp³-hybridized carbons (Fsp3) is 0.286. The van der Waals surface area contributed by atoms with E-state index in [0.29, 0.717) is 89.4 Å². The van der Waals surface area contributed by atoms with Crippen LogP contribution < -0.4 is 23.7 Å². The van der Waals surface area contributed by atoms with Gasteiger partial charge in [-0.1, -0.05) is 48.0 Å². The van der Waals surface area contributed by atoms with E-state index in [1.807, 2.05) is 30.3 Å². The molecule has 8 aromatic rings.